The molecule has 0 spiro atoms. The van der Waals surface area contributed by atoms with Gasteiger partial charge in [0.2, 0.25) is 0 Å². The second kappa shape index (κ2) is 9.27. The Bertz CT molecular complexity index is 15.0. The van der Waals surface area contributed by atoms with E-state index in [4.69, 9.17) is 5.11 Å². The van der Waals surface area contributed by atoms with Gasteiger partial charge in [-0.05, 0) is 6.42 Å². The maximum atomic E-state index is 8.07. The number of hydrogen-bond donors (Lipinski definition) is 1. The van der Waals surface area contributed by atoms with E-state index in [9.17, 15) is 0 Å². The van der Waals surface area contributed by atoms with Gasteiger partial charge in [0.1, 0.15) is 0 Å². The summed E-state index contributed by atoms with van der Waals surface area (Å²) in [5.74, 6) is 0. The van der Waals surface area contributed by atoms with Gasteiger partial charge in [-0.1, -0.05) is 13.3 Å². The second-order valence-electron chi connectivity index (χ2n) is 1.08. The largest absolute Gasteiger partial charge is 0.396 e. The average Bonchev–Trinajstić information content (AvgIpc) is 1.41. The molecule has 1 nitrogen and oxygen atoms in total. The van der Waals surface area contributed by atoms with Crippen molar-refractivity contribution in [3.05, 3.63) is 0 Å². The first kappa shape index (κ1) is 9.95. The van der Waals surface area contributed by atoms with Crippen LogP contribution in [0.15, 0.2) is 0 Å². The molecule has 0 saturated carbocycles. The average molecular weight is 189 g/mol. The first-order valence-corrected chi connectivity index (χ1v) is 2.02. The minimum absolute atomic E-state index is 0. The fourth-order valence-electron chi connectivity index (χ4n) is 0.158. The number of aliphatic hydroxyl groups excluding tert-OH is 1. The third kappa shape index (κ3) is 8.85. The Kier molecular flexibility index (Phi) is 15.4. The SMILES string of the molecule is CCCCO.[In]. The molecule has 0 aliphatic rings. The van der Waals surface area contributed by atoms with Gasteiger partial charge in [0, 0.05) is 32.5 Å². The maximum Gasteiger partial charge on any atom is 0.0430 e. The van der Waals surface area contributed by atoms with Gasteiger partial charge in [-0.3, -0.25) is 0 Å². The number of aliphatic hydroxyl groups is 1. The Morgan fingerprint density at radius 3 is 2.00 bits per heavy atom. The molecular formula is C4H10InO. The summed E-state index contributed by atoms with van der Waals surface area (Å²) < 4.78 is 0. The molecule has 0 aromatic carbocycles. The summed E-state index contributed by atoms with van der Waals surface area (Å²) in [5.41, 5.74) is 0. The molecule has 0 aromatic rings. The molecule has 2 heteroatoms. The molecule has 0 amide bonds. The third-order valence-electron chi connectivity index (χ3n) is 0.512. The number of unbranched alkanes of at least 4 members (excludes halogenated alkanes) is 1. The smallest absolute Gasteiger partial charge is 0.0430 e. The minimum Gasteiger partial charge on any atom is -0.396 e. The molecule has 0 atom stereocenters. The summed E-state index contributed by atoms with van der Waals surface area (Å²) in [5, 5.41) is 8.07. The van der Waals surface area contributed by atoms with Crippen molar-refractivity contribution in [1.82, 2.24) is 0 Å². The molecule has 0 aliphatic carbocycles. The van der Waals surface area contributed by atoms with Crippen LogP contribution in [0, 0.1) is 0 Å². The molecule has 3 radical (unpaired) electrons. The molecule has 0 heterocycles. The molecule has 6 heavy (non-hydrogen) atoms. The number of rotatable bonds is 2. The molecule has 0 bridgehead atoms. The first-order chi connectivity index (χ1) is 2.41. The van der Waals surface area contributed by atoms with Crippen molar-refractivity contribution in [2.24, 2.45) is 0 Å². The van der Waals surface area contributed by atoms with Crippen molar-refractivity contribution >= 4 is 25.8 Å². The van der Waals surface area contributed by atoms with Crippen molar-refractivity contribution in [2.75, 3.05) is 6.61 Å². The van der Waals surface area contributed by atoms with Gasteiger partial charge in [-0.15, -0.1) is 0 Å². The van der Waals surface area contributed by atoms with Gasteiger partial charge in [0.05, 0.1) is 0 Å². The van der Waals surface area contributed by atoms with Crippen LogP contribution in [0.25, 0.3) is 0 Å². The van der Waals surface area contributed by atoms with Crippen LogP contribution in [-0.4, -0.2) is 37.6 Å². The van der Waals surface area contributed by atoms with Crippen LogP contribution in [-0.2, 0) is 0 Å². The molecule has 0 rings (SSSR count). The van der Waals surface area contributed by atoms with Gasteiger partial charge >= 0.3 is 0 Å². The summed E-state index contributed by atoms with van der Waals surface area (Å²) in [6.07, 6.45) is 2.04. The van der Waals surface area contributed by atoms with Crippen molar-refractivity contribution in [3.8, 4) is 0 Å². The molecule has 0 aliphatic heterocycles. The van der Waals surface area contributed by atoms with Crippen molar-refractivity contribution in [3.63, 3.8) is 0 Å². The molecule has 0 saturated heterocycles. The topological polar surface area (TPSA) is 20.2 Å². The molecular weight excluding hydrogens is 179 g/mol. The van der Waals surface area contributed by atoms with Gasteiger partial charge in [0.15, 0.2) is 0 Å². The number of hydrogen-bond acceptors (Lipinski definition) is 1. The molecule has 0 unspecified atom stereocenters. The van der Waals surface area contributed by atoms with Crippen LogP contribution in [0.3, 0.4) is 0 Å². The van der Waals surface area contributed by atoms with Crippen LogP contribution in [0.1, 0.15) is 19.8 Å². The predicted octanol–water partition coefficient (Wildman–Crippen LogP) is 0.398. The van der Waals surface area contributed by atoms with Crippen LogP contribution < -0.4 is 0 Å². The van der Waals surface area contributed by atoms with Crippen LogP contribution in [0.2, 0.25) is 0 Å². The van der Waals surface area contributed by atoms with E-state index < -0.39 is 0 Å². The Hall–Kier alpha value is 0.830. The Morgan fingerprint density at radius 2 is 2.00 bits per heavy atom. The normalized spacial score (nSPS) is 7.00. The Labute approximate surface area is 57.5 Å². The summed E-state index contributed by atoms with van der Waals surface area (Å²) in [6.45, 7) is 2.40. The van der Waals surface area contributed by atoms with Gasteiger partial charge in [-0.25, -0.2) is 0 Å². The predicted molar refractivity (Wildman–Crippen MR) is 27.7 cm³/mol. The van der Waals surface area contributed by atoms with E-state index in [1.54, 1.807) is 0 Å². The fraction of sp³-hybridized carbons (Fsp3) is 1.00. The zero-order valence-corrected chi connectivity index (χ0v) is 7.44. The second-order valence-corrected chi connectivity index (χ2v) is 1.08. The van der Waals surface area contributed by atoms with Crippen LogP contribution in [0.5, 0.6) is 0 Å². The van der Waals surface area contributed by atoms with Crippen LogP contribution >= 0.6 is 0 Å². The standard InChI is InChI=1S/C4H10O.In/c1-2-3-4-5;/h5H,2-4H2,1H3;. The summed E-state index contributed by atoms with van der Waals surface area (Å²) in [4.78, 5) is 0. The van der Waals surface area contributed by atoms with E-state index in [-0.39, 0.29) is 25.8 Å². The monoisotopic (exact) mass is 189 g/mol. The van der Waals surface area contributed by atoms with E-state index in [2.05, 4.69) is 6.92 Å². The zero-order valence-electron chi connectivity index (χ0n) is 4.15. The van der Waals surface area contributed by atoms with Gasteiger partial charge < -0.3 is 5.11 Å². The van der Waals surface area contributed by atoms with E-state index in [1.165, 1.54) is 0 Å². The van der Waals surface area contributed by atoms with Crippen LogP contribution in [0.4, 0.5) is 0 Å². The summed E-state index contributed by atoms with van der Waals surface area (Å²) in [6, 6.07) is 0. The van der Waals surface area contributed by atoms with Crippen molar-refractivity contribution in [1.29, 1.82) is 0 Å². The van der Waals surface area contributed by atoms with E-state index in [1.807, 2.05) is 0 Å². The van der Waals surface area contributed by atoms with Gasteiger partial charge in [-0.2, -0.15) is 0 Å². The molecule has 35 valence electrons. The summed E-state index contributed by atoms with van der Waals surface area (Å²) >= 11 is 0. The van der Waals surface area contributed by atoms with E-state index in [0.29, 0.717) is 6.61 Å². The third-order valence-corrected chi connectivity index (χ3v) is 0.512. The Morgan fingerprint density at radius 1 is 1.50 bits per heavy atom. The molecule has 0 fully saturated rings. The quantitative estimate of drug-likeness (QED) is 0.666. The van der Waals surface area contributed by atoms with E-state index >= 15 is 0 Å². The van der Waals surface area contributed by atoms with Crippen molar-refractivity contribution in [2.45, 2.75) is 19.8 Å². The molecule has 1 N–H and O–H groups in total. The maximum absolute atomic E-state index is 8.07. The van der Waals surface area contributed by atoms with E-state index in [0.717, 1.165) is 12.8 Å². The Balaban J connectivity index is 0. The zero-order chi connectivity index (χ0) is 4.12. The summed E-state index contributed by atoms with van der Waals surface area (Å²) in [7, 11) is 0. The molecule has 0 aromatic heterocycles. The first-order valence-electron chi connectivity index (χ1n) is 2.02. The van der Waals surface area contributed by atoms with Crippen molar-refractivity contribution < 1.29 is 5.11 Å². The fourth-order valence-corrected chi connectivity index (χ4v) is 0.158. The minimum atomic E-state index is 0. The van der Waals surface area contributed by atoms with Gasteiger partial charge in [0.25, 0.3) is 0 Å².